The molecule has 0 unspecified atom stereocenters. The van der Waals surface area contributed by atoms with Gasteiger partial charge in [-0.2, -0.15) is 0 Å². The SMILES string of the molecule is Fc1ccc(-c2ccc(-c3cccc(-c4cccc(-n5c6c(c7ccccc75)NCC=C6)n4)n3)cc2)cc1. The van der Waals surface area contributed by atoms with E-state index < -0.39 is 0 Å². The molecule has 0 saturated carbocycles. The molecule has 0 bridgehead atoms. The van der Waals surface area contributed by atoms with Gasteiger partial charge in [0.2, 0.25) is 0 Å². The number of hydrogen-bond acceptors (Lipinski definition) is 3. The predicted molar refractivity (Wildman–Crippen MR) is 153 cm³/mol. The molecule has 0 saturated heterocycles. The molecule has 182 valence electrons. The van der Waals surface area contributed by atoms with Crippen LogP contribution in [0.25, 0.3) is 56.6 Å². The third-order valence-electron chi connectivity index (χ3n) is 6.92. The Hall–Kier alpha value is -5.03. The van der Waals surface area contributed by atoms with Crippen LogP contribution in [0.3, 0.4) is 0 Å². The number of aromatic nitrogens is 3. The van der Waals surface area contributed by atoms with Crippen molar-refractivity contribution in [3.8, 4) is 39.6 Å². The van der Waals surface area contributed by atoms with Gasteiger partial charge >= 0.3 is 0 Å². The normalized spacial score (nSPS) is 12.3. The Morgan fingerprint density at radius 2 is 1.29 bits per heavy atom. The second-order valence-electron chi connectivity index (χ2n) is 9.27. The zero-order valence-electron chi connectivity index (χ0n) is 20.5. The van der Waals surface area contributed by atoms with Crippen LogP contribution < -0.4 is 5.32 Å². The molecule has 38 heavy (non-hydrogen) atoms. The highest BCUT2D eigenvalue weighted by molar-refractivity contribution is 6.00. The Bertz CT molecular complexity index is 1820. The Morgan fingerprint density at radius 3 is 2.11 bits per heavy atom. The third-order valence-corrected chi connectivity index (χ3v) is 6.92. The molecule has 6 aromatic rings. The van der Waals surface area contributed by atoms with Crippen LogP contribution in [0.15, 0.2) is 115 Å². The standard InChI is InChI=1S/C33H23FN4/c34-25-19-17-23(18-20-25)22-13-15-24(16-14-22)27-7-3-8-28(36-27)29-9-4-12-32(37-29)38-30-10-2-1-6-26(30)33-31(38)11-5-21-35-33/h1-20,35H,21H2. The molecule has 4 nitrogen and oxygen atoms in total. The summed E-state index contributed by atoms with van der Waals surface area (Å²) in [6, 6.07) is 35.2. The van der Waals surface area contributed by atoms with E-state index in [2.05, 4.69) is 46.3 Å². The molecule has 5 heteroatoms. The molecule has 7 rings (SSSR count). The van der Waals surface area contributed by atoms with Gasteiger partial charge in [0.05, 0.1) is 34.0 Å². The fourth-order valence-corrected chi connectivity index (χ4v) is 5.09. The molecular formula is C33H23FN4. The monoisotopic (exact) mass is 494 g/mol. The van der Waals surface area contributed by atoms with Crippen LogP contribution >= 0.6 is 0 Å². The van der Waals surface area contributed by atoms with Gasteiger partial charge in [0.1, 0.15) is 11.6 Å². The van der Waals surface area contributed by atoms with E-state index in [4.69, 9.17) is 9.97 Å². The van der Waals surface area contributed by atoms with Crippen LogP contribution in [0.2, 0.25) is 0 Å². The van der Waals surface area contributed by atoms with E-state index >= 15 is 0 Å². The smallest absolute Gasteiger partial charge is 0.138 e. The van der Waals surface area contributed by atoms with Crippen molar-refractivity contribution >= 4 is 22.7 Å². The van der Waals surface area contributed by atoms with Gasteiger partial charge < -0.3 is 5.32 Å². The minimum absolute atomic E-state index is 0.234. The highest BCUT2D eigenvalue weighted by Gasteiger charge is 2.19. The van der Waals surface area contributed by atoms with E-state index in [1.165, 1.54) is 17.5 Å². The van der Waals surface area contributed by atoms with Crippen LogP contribution in [0.5, 0.6) is 0 Å². The van der Waals surface area contributed by atoms with Crippen molar-refractivity contribution in [3.05, 3.63) is 127 Å². The van der Waals surface area contributed by atoms with E-state index in [1.807, 2.05) is 60.7 Å². The van der Waals surface area contributed by atoms with Gasteiger partial charge in [0.15, 0.2) is 0 Å². The summed E-state index contributed by atoms with van der Waals surface area (Å²) in [6.45, 7) is 0.816. The van der Waals surface area contributed by atoms with Crippen molar-refractivity contribution in [1.82, 2.24) is 14.5 Å². The molecular weight excluding hydrogens is 471 g/mol. The quantitative estimate of drug-likeness (QED) is 0.270. The second-order valence-corrected chi connectivity index (χ2v) is 9.27. The molecule has 1 N–H and O–H groups in total. The average molecular weight is 495 g/mol. The lowest BCUT2D eigenvalue weighted by atomic mass is 10.0. The molecule has 0 spiro atoms. The number of hydrogen-bond donors (Lipinski definition) is 1. The number of para-hydroxylation sites is 1. The topological polar surface area (TPSA) is 42.7 Å². The van der Waals surface area contributed by atoms with Crippen molar-refractivity contribution in [2.75, 3.05) is 11.9 Å². The maximum atomic E-state index is 13.3. The van der Waals surface area contributed by atoms with Crippen LogP contribution in [0.4, 0.5) is 10.1 Å². The summed E-state index contributed by atoms with van der Waals surface area (Å²) in [7, 11) is 0. The molecule has 0 atom stereocenters. The Morgan fingerprint density at radius 1 is 0.632 bits per heavy atom. The average Bonchev–Trinajstić information content (AvgIpc) is 3.32. The maximum Gasteiger partial charge on any atom is 0.138 e. The summed E-state index contributed by atoms with van der Waals surface area (Å²) in [5, 5.41) is 4.70. The van der Waals surface area contributed by atoms with Gasteiger partial charge in [-0.15, -0.1) is 0 Å². The Labute approximate surface area is 219 Å². The predicted octanol–water partition coefficient (Wildman–Crippen LogP) is 8.00. The molecule has 0 fully saturated rings. The third kappa shape index (κ3) is 3.85. The summed E-state index contributed by atoms with van der Waals surface area (Å²) in [6.07, 6.45) is 4.29. The molecule has 0 amide bonds. The van der Waals surface area contributed by atoms with Gasteiger partial charge in [-0.1, -0.05) is 72.8 Å². The molecule has 3 aromatic heterocycles. The zero-order chi connectivity index (χ0) is 25.5. The first kappa shape index (κ1) is 22.2. The maximum absolute atomic E-state index is 13.3. The lowest BCUT2D eigenvalue weighted by Gasteiger charge is -2.13. The minimum Gasteiger partial charge on any atom is -0.379 e. The summed E-state index contributed by atoms with van der Waals surface area (Å²) in [4.78, 5) is 10.00. The molecule has 1 aliphatic rings. The number of fused-ring (bicyclic) bond motifs is 3. The molecule has 4 heterocycles. The number of benzene rings is 3. The fourth-order valence-electron chi connectivity index (χ4n) is 5.09. The van der Waals surface area contributed by atoms with Crippen LogP contribution in [-0.2, 0) is 0 Å². The van der Waals surface area contributed by atoms with Crippen LogP contribution in [0, 0.1) is 5.82 Å². The van der Waals surface area contributed by atoms with Gasteiger partial charge in [-0.05, 0) is 59.7 Å². The summed E-state index contributed by atoms with van der Waals surface area (Å²) in [5.74, 6) is 0.617. The lowest BCUT2D eigenvalue weighted by Crippen LogP contribution is -2.07. The number of rotatable bonds is 4. The Balaban J connectivity index is 1.25. The summed E-state index contributed by atoms with van der Waals surface area (Å²) >= 11 is 0. The van der Waals surface area contributed by atoms with Crippen molar-refractivity contribution < 1.29 is 4.39 Å². The second kappa shape index (κ2) is 9.12. The summed E-state index contributed by atoms with van der Waals surface area (Å²) < 4.78 is 15.5. The van der Waals surface area contributed by atoms with Crippen LogP contribution in [0.1, 0.15) is 5.69 Å². The van der Waals surface area contributed by atoms with Crippen molar-refractivity contribution in [3.63, 3.8) is 0 Å². The van der Waals surface area contributed by atoms with E-state index in [-0.39, 0.29) is 5.82 Å². The number of nitrogens with one attached hydrogen (secondary N) is 1. The molecule has 0 radical (unpaired) electrons. The van der Waals surface area contributed by atoms with E-state index in [0.29, 0.717) is 0 Å². The zero-order valence-corrected chi connectivity index (χ0v) is 20.5. The fraction of sp³-hybridized carbons (Fsp3) is 0.0303. The first-order chi connectivity index (χ1) is 18.7. The van der Waals surface area contributed by atoms with E-state index in [9.17, 15) is 4.39 Å². The van der Waals surface area contributed by atoms with E-state index in [0.717, 1.165) is 63.0 Å². The summed E-state index contributed by atoms with van der Waals surface area (Å²) in [5.41, 5.74) is 8.87. The van der Waals surface area contributed by atoms with Crippen molar-refractivity contribution in [1.29, 1.82) is 0 Å². The first-order valence-electron chi connectivity index (χ1n) is 12.6. The van der Waals surface area contributed by atoms with Gasteiger partial charge in [-0.3, -0.25) is 4.57 Å². The number of anilines is 1. The number of nitrogens with zero attached hydrogens (tertiary/aromatic N) is 3. The minimum atomic E-state index is -0.234. The highest BCUT2D eigenvalue weighted by atomic mass is 19.1. The molecule has 3 aromatic carbocycles. The highest BCUT2D eigenvalue weighted by Crippen LogP contribution is 2.36. The van der Waals surface area contributed by atoms with Gasteiger partial charge in [0, 0.05) is 17.5 Å². The Kier molecular flexibility index (Phi) is 5.33. The number of pyridine rings is 2. The van der Waals surface area contributed by atoms with Crippen molar-refractivity contribution in [2.24, 2.45) is 0 Å². The van der Waals surface area contributed by atoms with E-state index in [1.54, 1.807) is 12.1 Å². The van der Waals surface area contributed by atoms with Gasteiger partial charge in [-0.25, -0.2) is 14.4 Å². The number of halogens is 1. The van der Waals surface area contributed by atoms with Crippen LogP contribution in [-0.4, -0.2) is 21.1 Å². The van der Waals surface area contributed by atoms with Crippen molar-refractivity contribution in [2.45, 2.75) is 0 Å². The largest absolute Gasteiger partial charge is 0.379 e. The lowest BCUT2D eigenvalue weighted by molar-refractivity contribution is 0.628. The molecule has 0 aliphatic carbocycles. The first-order valence-corrected chi connectivity index (χ1v) is 12.6. The van der Waals surface area contributed by atoms with Gasteiger partial charge in [0.25, 0.3) is 0 Å². The molecule has 1 aliphatic heterocycles.